The zero-order valence-corrected chi connectivity index (χ0v) is 16.7. The molecule has 1 aliphatic rings. The highest BCUT2D eigenvalue weighted by Gasteiger charge is 2.37. The van der Waals surface area contributed by atoms with Crippen LogP contribution < -0.4 is 9.80 Å². The van der Waals surface area contributed by atoms with E-state index in [4.69, 9.17) is 0 Å². The average Bonchev–Trinajstić information content (AvgIpc) is 2.72. The number of para-hydroxylation sites is 1. The molecule has 0 radical (unpaired) electrons. The lowest BCUT2D eigenvalue weighted by Gasteiger charge is -2.41. The highest BCUT2D eigenvalue weighted by Crippen LogP contribution is 2.39. The van der Waals surface area contributed by atoms with Crippen LogP contribution in [0.2, 0.25) is 0 Å². The molecule has 1 aromatic heterocycles. The monoisotopic (exact) mass is 389 g/mol. The van der Waals surface area contributed by atoms with Crippen molar-refractivity contribution < 1.29 is 14.7 Å². The highest BCUT2D eigenvalue weighted by molar-refractivity contribution is 6.10. The van der Waals surface area contributed by atoms with Gasteiger partial charge in [0.05, 0.1) is 22.9 Å². The van der Waals surface area contributed by atoms with Crippen molar-refractivity contribution in [3.05, 3.63) is 65.4 Å². The van der Waals surface area contributed by atoms with E-state index in [1.54, 1.807) is 11.0 Å². The maximum atomic E-state index is 13.4. The molecule has 4 rings (SSSR count). The molecule has 3 aromatic rings. The number of amides is 2. The van der Waals surface area contributed by atoms with E-state index in [9.17, 15) is 14.7 Å². The van der Waals surface area contributed by atoms with Gasteiger partial charge < -0.3 is 10.0 Å². The van der Waals surface area contributed by atoms with E-state index in [1.807, 2.05) is 63.2 Å². The number of carbonyl (C=O) groups excluding carboxylic acids is 1. The smallest absolute Gasteiger partial charge is 0.412 e. The number of fused-ring (bicyclic) bond motifs is 2. The molecule has 0 fully saturated rings. The summed E-state index contributed by atoms with van der Waals surface area (Å²) < 4.78 is 0. The maximum Gasteiger partial charge on any atom is 0.412 e. The first kappa shape index (κ1) is 18.9. The Bertz CT molecular complexity index is 1130. The first-order valence-corrected chi connectivity index (χ1v) is 9.71. The fourth-order valence-corrected chi connectivity index (χ4v) is 3.87. The van der Waals surface area contributed by atoms with Crippen LogP contribution in [0.25, 0.3) is 10.9 Å². The fourth-order valence-electron chi connectivity index (χ4n) is 3.87. The Morgan fingerprint density at radius 3 is 2.45 bits per heavy atom. The molecular formula is C23H23N3O3. The van der Waals surface area contributed by atoms with E-state index in [0.717, 1.165) is 22.0 Å². The predicted octanol–water partition coefficient (Wildman–Crippen LogP) is 4.78. The SMILES string of the molecule is CCC1CN(C(=O)c2ccc3ccccc3n2)c2cc(C)c(C)cc2N1C(=O)O. The summed E-state index contributed by atoms with van der Waals surface area (Å²) >= 11 is 0. The standard InChI is InChI=1S/C23H23N3O3/c1-4-17-13-25(20-11-14(2)15(3)12-21(20)26(17)23(28)29)22(27)19-10-9-16-7-5-6-8-18(16)24-19/h5-12,17H,4,13H2,1-3H3,(H,28,29). The van der Waals surface area contributed by atoms with Crippen LogP contribution in [0, 0.1) is 13.8 Å². The maximum absolute atomic E-state index is 13.4. The quantitative estimate of drug-likeness (QED) is 0.685. The van der Waals surface area contributed by atoms with Gasteiger partial charge in [0.1, 0.15) is 5.69 Å². The minimum absolute atomic E-state index is 0.219. The largest absolute Gasteiger partial charge is 0.465 e. The normalized spacial score (nSPS) is 16.0. The molecule has 0 bridgehead atoms. The molecule has 148 valence electrons. The molecule has 0 aliphatic carbocycles. The summed E-state index contributed by atoms with van der Waals surface area (Å²) in [6.07, 6.45) is -0.398. The molecule has 0 saturated heterocycles. The zero-order valence-electron chi connectivity index (χ0n) is 16.7. The molecule has 0 saturated carbocycles. The molecule has 0 spiro atoms. The van der Waals surface area contributed by atoms with Gasteiger partial charge in [-0.1, -0.05) is 31.2 Å². The number of benzene rings is 2. The second-order valence-electron chi connectivity index (χ2n) is 7.44. The van der Waals surface area contributed by atoms with E-state index in [-0.39, 0.29) is 11.9 Å². The topological polar surface area (TPSA) is 73.7 Å². The molecular weight excluding hydrogens is 366 g/mol. The molecule has 1 atom stereocenters. The van der Waals surface area contributed by atoms with E-state index in [0.29, 0.717) is 30.0 Å². The summed E-state index contributed by atoms with van der Waals surface area (Å²) in [5.41, 5.74) is 4.27. The number of carboxylic acid groups (broad SMARTS) is 1. The molecule has 2 heterocycles. The first-order chi connectivity index (χ1) is 13.9. The van der Waals surface area contributed by atoms with Gasteiger partial charge in [0, 0.05) is 11.9 Å². The molecule has 1 unspecified atom stereocenters. The fraction of sp³-hybridized carbons (Fsp3) is 0.261. The lowest BCUT2D eigenvalue weighted by molar-refractivity contribution is 0.0978. The minimum Gasteiger partial charge on any atom is -0.465 e. The van der Waals surface area contributed by atoms with Gasteiger partial charge in [-0.05, 0) is 55.7 Å². The van der Waals surface area contributed by atoms with Crippen molar-refractivity contribution in [3.63, 3.8) is 0 Å². The van der Waals surface area contributed by atoms with Crippen LogP contribution in [0.4, 0.5) is 16.2 Å². The number of aryl methyl sites for hydroxylation is 2. The minimum atomic E-state index is -1.00. The molecule has 2 aromatic carbocycles. The highest BCUT2D eigenvalue weighted by atomic mass is 16.4. The molecule has 1 N–H and O–H groups in total. The Hall–Kier alpha value is -3.41. The lowest BCUT2D eigenvalue weighted by Crippen LogP contribution is -2.53. The van der Waals surface area contributed by atoms with Crippen molar-refractivity contribution >= 4 is 34.3 Å². The average molecular weight is 389 g/mol. The Labute approximate surface area is 169 Å². The third kappa shape index (κ3) is 3.20. The number of nitrogens with zero attached hydrogens (tertiary/aromatic N) is 3. The van der Waals surface area contributed by atoms with E-state index in [1.165, 1.54) is 4.90 Å². The second kappa shape index (κ2) is 7.20. The molecule has 6 nitrogen and oxygen atoms in total. The number of hydrogen-bond donors (Lipinski definition) is 1. The van der Waals surface area contributed by atoms with Crippen molar-refractivity contribution in [2.45, 2.75) is 33.2 Å². The van der Waals surface area contributed by atoms with Gasteiger partial charge in [0.2, 0.25) is 0 Å². The van der Waals surface area contributed by atoms with Crippen molar-refractivity contribution in [3.8, 4) is 0 Å². The number of aromatic nitrogens is 1. The van der Waals surface area contributed by atoms with Gasteiger partial charge in [-0.25, -0.2) is 9.78 Å². The van der Waals surface area contributed by atoms with E-state index < -0.39 is 6.09 Å². The van der Waals surface area contributed by atoms with Gasteiger partial charge in [0.25, 0.3) is 5.91 Å². The van der Waals surface area contributed by atoms with Crippen LogP contribution in [-0.2, 0) is 0 Å². The van der Waals surface area contributed by atoms with Gasteiger partial charge in [-0.3, -0.25) is 9.69 Å². The Kier molecular flexibility index (Phi) is 4.70. The summed E-state index contributed by atoms with van der Waals surface area (Å²) in [6, 6.07) is 14.7. The lowest BCUT2D eigenvalue weighted by atomic mass is 10.00. The number of rotatable bonds is 2. The summed E-state index contributed by atoms with van der Waals surface area (Å²) in [4.78, 5) is 33.0. The zero-order chi connectivity index (χ0) is 20.7. The van der Waals surface area contributed by atoms with Gasteiger partial charge in [-0.15, -0.1) is 0 Å². The summed E-state index contributed by atoms with van der Waals surface area (Å²) in [7, 11) is 0. The number of pyridine rings is 1. The third-order valence-corrected chi connectivity index (χ3v) is 5.64. The van der Waals surface area contributed by atoms with Crippen LogP contribution in [0.5, 0.6) is 0 Å². The van der Waals surface area contributed by atoms with Crippen molar-refractivity contribution in [2.75, 3.05) is 16.3 Å². The molecule has 29 heavy (non-hydrogen) atoms. The number of carbonyl (C=O) groups is 2. The Balaban J connectivity index is 1.83. The van der Waals surface area contributed by atoms with E-state index >= 15 is 0 Å². The van der Waals surface area contributed by atoms with Crippen molar-refractivity contribution in [1.82, 2.24) is 4.98 Å². The molecule has 2 amide bonds. The second-order valence-corrected chi connectivity index (χ2v) is 7.44. The molecule has 6 heteroatoms. The number of anilines is 2. The predicted molar refractivity (Wildman–Crippen MR) is 114 cm³/mol. The Morgan fingerprint density at radius 1 is 1.07 bits per heavy atom. The third-order valence-electron chi connectivity index (χ3n) is 5.64. The van der Waals surface area contributed by atoms with Crippen molar-refractivity contribution in [1.29, 1.82) is 0 Å². The molecule has 1 aliphatic heterocycles. The summed E-state index contributed by atoms with van der Waals surface area (Å²) in [5.74, 6) is -0.219. The van der Waals surface area contributed by atoms with Crippen molar-refractivity contribution in [2.24, 2.45) is 0 Å². The van der Waals surface area contributed by atoms with Crippen LogP contribution >= 0.6 is 0 Å². The van der Waals surface area contributed by atoms with Crippen LogP contribution in [0.3, 0.4) is 0 Å². The van der Waals surface area contributed by atoms with Crippen LogP contribution in [-0.4, -0.2) is 34.7 Å². The number of hydrogen-bond acceptors (Lipinski definition) is 3. The van der Waals surface area contributed by atoms with Gasteiger partial charge in [0.15, 0.2) is 0 Å². The summed E-state index contributed by atoms with van der Waals surface area (Å²) in [5, 5.41) is 10.8. The summed E-state index contributed by atoms with van der Waals surface area (Å²) in [6.45, 7) is 6.14. The Morgan fingerprint density at radius 2 is 1.76 bits per heavy atom. The first-order valence-electron chi connectivity index (χ1n) is 9.71. The van der Waals surface area contributed by atoms with Gasteiger partial charge >= 0.3 is 6.09 Å². The van der Waals surface area contributed by atoms with Gasteiger partial charge in [-0.2, -0.15) is 0 Å². The van der Waals surface area contributed by atoms with Crippen LogP contribution in [0.1, 0.15) is 35.0 Å². The van der Waals surface area contributed by atoms with E-state index in [2.05, 4.69) is 4.98 Å². The van der Waals surface area contributed by atoms with Crippen LogP contribution in [0.15, 0.2) is 48.5 Å².